The Morgan fingerprint density at radius 2 is 2.10 bits per heavy atom. The Balaban J connectivity index is 2.56. The first-order chi connectivity index (χ1) is 9.52. The van der Waals surface area contributed by atoms with Crippen LogP contribution in [0.25, 0.3) is 0 Å². The zero-order valence-corrected chi connectivity index (χ0v) is 13.3. The number of hydrogen-bond donors (Lipinski definition) is 1. The Morgan fingerprint density at radius 3 is 2.70 bits per heavy atom. The molecule has 0 aliphatic heterocycles. The van der Waals surface area contributed by atoms with Crippen LogP contribution in [-0.2, 0) is 11.2 Å². The van der Waals surface area contributed by atoms with Gasteiger partial charge in [-0.15, -0.1) is 0 Å². The molecule has 0 bridgehead atoms. The van der Waals surface area contributed by atoms with Crippen molar-refractivity contribution in [2.45, 2.75) is 26.7 Å². The van der Waals surface area contributed by atoms with Gasteiger partial charge in [-0.1, -0.05) is 31.5 Å². The third-order valence-corrected chi connectivity index (χ3v) is 3.54. The molecule has 0 saturated heterocycles. The standard InChI is InChI=1S/C16H25ClFNO/c1-12(2)8-14(11-19-6-7-20-3)9-13-4-5-15(17)16(18)10-13/h4-5,10,12,14,19H,6-9,11H2,1-3H3. The number of rotatable bonds is 9. The van der Waals surface area contributed by atoms with Gasteiger partial charge in [-0.2, -0.15) is 0 Å². The molecule has 0 fully saturated rings. The van der Waals surface area contributed by atoms with E-state index in [4.69, 9.17) is 16.3 Å². The predicted molar refractivity (Wildman–Crippen MR) is 82.8 cm³/mol. The van der Waals surface area contributed by atoms with E-state index in [-0.39, 0.29) is 10.8 Å². The molecule has 0 aliphatic carbocycles. The van der Waals surface area contributed by atoms with Crippen LogP contribution in [0.3, 0.4) is 0 Å². The number of halogens is 2. The normalized spacial score (nSPS) is 12.9. The van der Waals surface area contributed by atoms with Crippen LogP contribution in [0, 0.1) is 17.7 Å². The molecule has 1 unspecified atom stereocenters. The van der Waals surface area contributed by atoms with E-state index in [0.29, 0.717) is 18.4 Å². The highest BCUT2D eigenvalue weighted by Gasteiger charge is 2.13. The number of methoxy groups -OCH3 is 1. The monoisotopic (exact) mass is 301 g/mol. The van der Waals surface area contributed by atoms with Gasteiger partial charge >= 0.3 is 0 Å². The van der Waals surface area contributed by atoms with Crippen molar-refractivity contribution in [3.8, 4) is 0 Å². The lowest BCUT2D eigenvalue weighted by Crippen LogP contribution is -2.28. The highest BCUT2D eigenvalue weighted by molar-refractivity contribution is 6.30. The number of nitrogens with one attached hydrogen (secondary N) is 1. The van der Waals surface area contributed by atoms with Crippen LogP contribution in [0.4, 0.5) is 4.39 Å². The molecule has 1 atom stereocenters. The molecule has 0 aromatic heterocycles. The summed E-state index contributed by atoms with van der Waals surface area (Å²) in [5, 5.41) is 3.58. The van der Waals surface area contributed by atoms with Crippen LogP contribution in [0.5, 0.6) is 0 Å². The van der Waals surface area contributed by atoms with Gasteiger partial charge in [-0.05, 0) is 48.9 Å². The van der Waals surface area contributed by atoms with E-state index in [1.54, 1.807) is 19.2 Å². The lowest BCUT2D eigenvalue weighted by molar-refractivity contribution is 0.197. The largest absolute Gasteiger partial charge is 0.383 e. The van der Waals surface area contributed by atoms with Crippen molar-refractivity contribution in [2.24, 2.45) is 11.8 Å². The Labute approximate surface area is 126 Å². The van der Waals surface area contributed by atoms with Crippen LogP contribution in [0.15, 0.2) is 18.2 Å². The topological polar surface area (TPSA) is 21.3 Å². The fourth-order valence-electron chi connectivity index (χ4n) is 2.39. The van der Waals surface area contributed by atoms with Gasteiger partial charge in [-0.3, -0.25) is 0 Å². The second-order valence-electron chi connectivity index (χ2n) is 5.65. The molecule has 0 aliphatic rings. The van der Waals surface area contributed by atoms with Crippen molar-refractivity contribution < 1.29 is 9.13 Å². The fourth-order valence-corrected chi connectivity index (χ4v) is 2.50. The maximum absolute atomic E-state index is 13.5. The van der Waals surface area contributed by atoms with Crippen LogP contribution in [0.1, 0.15) is 25.8 Å². The molecule has 0 heterocycles. The molecular formula is C16H25ClFNO. The average molecular weight is 302 g/mol. The van der Waals surface area contributed by atoms with Gasteiger partial charge in [0.05, 0.1) is 11.6 Å². The van der Waals surface area contributed by atoms with Crippen LogP contribution in [0.2, 0.25) is 5.02 Å². The van der Waals surface area contributed by atoms with Gasteiger partial charge in [0.1, 0.15) is 5.82 Å². The van der Waals surface area contributed by atoms with Gasteiger partial charge in [0.2, 0.25) is 0 Å². The molecule has 0 radical (unpaired) electrons. The summed E-state index contributed by atoms with van der Waals surface area (Å²) in [5.74, 6) is 0.786. The van der Waals surface area contributed by atoms with Gasteiger partial charge in [-0.25, -0.2) is 4.39 Å². The summed E-state index contributed by atoms with van der Waals surface area (Å²) in [7, 11) is 1.70. The quantitative estimate of drug-likeness (QED) is 0.698. The number of ether oxygens (including phenoxy) is 1. The smallest absolute Gasteiger partial charge is 0.142 e. The van der Waals surface area contributed by atoms with E-state index in [2.05, 4.69) is 19.2 Å². The summed E-state index contributed by atoms with van der Waals surface area (Å²) in [6, 6.07) is 5.09. The molecule has 1 aromatic carbocycles. The molecule has 4 heteroatoms. The Morgan fingerprint density at radius 1 is 1.35 bits per heavy atom. The molecule has 1 aromatic rings. The minimum Gasteiger partial charge on any atom is -0.383 e. The maximum Gasteiger partial charge on any atom is 0.142 e. The minimum atomic E-state index is -0.334. The maximum atomic E-state index is 13.5. The zero-order valence-electron chi connectivity index (χ0n) is 12.6. The lowest BCUT2D eigenvalue weighted by atomic mass is 9.91. The van der Waals surface area contributed by atoms with E-state index in [9.17, 15) is 4.39 Å². The second kappa shape index (κ2) is 9.32. The SMILES string of the molecule is COCCNCC(Cc1ccc(Cl)c(F)c1)CC(C)C. The number of hydrogen-bond acceptors (Lipinski definition) is 2. The van der Waals surface area contributed by atoms with Gasteiger partial charge in [0, 0.05) is 13.7 Å². The summed E-state index contributed by atoms with van der Waals surface area (Å²) in [4.78, 5) is 0. The van der Waals surface area contributed by atoms with Gasteiger partial charge in [0.25, 0.3) is 0 Å². The summed E-state index contributed by atoms with van der Waals surface area (Å²) in [6.45, 7) is 6.91. The van der Waals surface area contributed by atoms with Crippen molar-refractivity contribution in [2.75, 3.05) is 26.8 Å². The molecule has 0 amide bonds. The summed E-state index contributed by atoms with van der Waals surface area (Å²) < 4.78 is 18.5. The van der Waals surface area contributed by atoms with Crippen molar-refractivity contribution in [1.29, 1.82) is 0 Å². The molecule has 114 valence electrons. The van der Waals surface area contributed by atoms with Crippen LogP contribution < -0.4 is 5.32 Å². The van der Waals surface area contributed by atoms with Crippen molar-refractivity contribution in [3.63, 3.8) is 0 Å². The first-order valence-corrected chi connectivity index (χ1v) is 7.54. The summed E-state index contributed by atoms with van der Waals surface area (Å²) in [5.41, 5.74) is 1.01. The summed E-state index contributed by atoms with van der Waals surface area (Å²) in [6.07, 6.45) is 1.98. The van der Waals surface area contributed by atoms with Gasteiger partial charge in [0.15, 0.2) is 0 Å². The molecule has 0 saturated carbocycles. The Kier molecular flexibility index (Phi) is 8.12. The first kappa shape index (κ1) is 17.4. The minimum absolute atomic E-state index is 0.187. The van der Waals surface area contributed by atoms with E-state index >= 15 is 0 Å². The molecule has 20 heavy (non-hydrogen) atoms. The molecule has 1 rings (SSSR count). The van der Waals surface area contributed by atoms with Crippen molar-refractivity contribution in [1.82, 2.24) is 5.32 Å². The lowest BCUT2D eigenvalue weighted by Gasteiger charge is -2.20. The third kappa shape index (κ3) is 6.69. The molecule has 0 spiro atoms. The van der Waals surface area contributed by atoms with Gasteiger partial charge < -0.3 is 10.1 Å². The van der Waals surface area contributed by atoms with Crippen LogP contribution in [-0.4, -0.2) is 26.8 Å². The van der Waals surface area contributed by atoms with Crippen molar-refractivity contribution >= 4 is 11.6 Å². The second-order valence-corrected chi connectivity index (χ2v) is 6.05. The molecule has 1 N–H and O–H groups in total. The van der Waals surface area contributed by atoms with Crippen LogP contribution >= 0.6 is 11.6 Å². The van der Waals surface area contributed by atoms with E-state index < -0.39 is 0 Å². The van der Waals surface area contributed by atoms with E-state index in [1.807, 2.05) is 6.07 Å². The molecular weight excluding hydrogens is 277 g/mol. The summed E-state index contributed by atoms with van der Waals surface area (Å²) >= 11 is 5.72. The van der Waals surface area contributed by atoms with E-state index in [1.165, 1.54) is 0 Å². The highest BCUT2D eigenvalue weighted by Crippen LogP contribution is 2.20. The zero-order chi connectivity index (χ0) is 15.0. The Hall–Kier alpha value is -0.640. The van der Waals surface area contributed by atoms with Crippen molar-refractivity contribution in [3.05, 3.63) is 34.6 Å². The Bertz CT molecular complexity index is 398. The predicted octanol–water partition coefficient (Wildman–Crippen LogP) is 3.92. The third-order valence-electron chi connectivity index (χ3n) is 3.23. The molecule has 2 nitrogen and oxygen atoms in total. The first-order valence-electron chi connectivity index (χ1n) is 7.16. The fraction of sp³-hybridized carbons (Fsp3) is 0.625. The van der Waals surface area contributed by atoms with E-state index in [0.717, 1.165) is 31.5 Å². The average Bonchev–Trinajstić information content (AvgIpc) is 2.38. The highest BCUT2D eigenvalue weighted by atomic mass is 35.5. The number of benzene rings is 1.